The van der Waals surface area contributed by atoms with E-state index in [1.807, 2.05) is 6.26 Å². The van der Waals surface area contributed by atoms with Crippen molar-refractivity contribution in [2.75, 3.05) is 24.7 Å². The number of likely N-dealkylation sites (tertiary alicyclic amines) is 1. The Morgan fingerprint density at radius 1 is 1.13 bits per heavy atom. The first-order valence-corrected chi connectivity index (χ1v) is 14.5. The number of hydrogen-bond donors (Lipinski definition) is 3. The number of amides is 3. The number of carboxylic acid groups (broad SMARTS) is 1. The van der Waals surface area contributed by atoms with Crippen LogP contribution in [0.4, 0.5) is 5.69 Å². The summed E-state index contributed by atoms with van der Waals surface area (Å²) in [7, 11) is 0. The number of anilines is 1. The Labute approximate surface area is 234 Å². The van der Waals surface area contributed by atoms with Crippen molar-refractivity contribution in [2.45, 2.75) is 57.1 Å². The van der Waals surface area contributed by atoms with Crippen molar-refractivity contribution in [3.63, 3.8) is 0 Å². The smallest absolute Gasteiger partial charge is 0.326 e. The lowest BCUT2D eigenvalue weighted by molar-refractivity contribution is -0.153. The number of rotatable bonds is 11. The Hall–Kier alpha value is -2.99. The van der Waals surface area contributed by atoms with Crippen LogP contribution in [0.5, 0.6) is 0 Å². The van der Waals surface area contributed by atoms with Crippen molar-refractivity contribution in [3.05, 3.63) is 46.2 Å². The molecule has 12 heteroatoms. The van der Waals surface area contributed by atoms with Gasteiger partial charge in [0, 0.05) is 31.4 Å². The second-order valence-corrected chi connectivity index (χ2v) is 10.7. The van der Waals surface area contributed by atoms with Gasteiger partial charge in [0.05, 0.1) is 4.47 Å². The van der Waals surface area contributed by atoms with Gasteiger partial charge in [-0.25, -0.2) is 14.8 Å². The standard InChI is InChI=1S/C26H32BrN5O5S/c1-4-26(5-2,24(37)32-12-6-7-13-32)23(36)30-19(22(34)35)14-16-8-10-17(11-9-16)29-21(33)20-18(27)15-28-25(31-20)38-3/h8-11,15,19H,4-7,12-14H2,1-3H3,(H,29,33)(H,30,36)(H,34,35)/t19-/m0/s1. The molecule has 10 nitrogen and oxygen atoms in total. The van der Waals surface area contributed by atoms with E-state index in [1.54, 1.807) is 43.0 Å². The van der Waals surface area contributed by atoms with Gasteiger partial charge in [0.1, 0.15) is 17.2 Å². The summed E-state index contributed by atoms with van der Waals surface area (Å²) in [6.45, 7) is 4.79. The Bertz CT molecular complexity index is 1180. The lowest BCUT2D eigenvalue weighted by Crippen LogP contribution is -2.55. The number of nitrogens with one attached hydrogen (secondary N) is 2. The highest BCUT2D eigenvalue weighted by Gasteiger charge is 2.46. The number of nitrogens with zero attached hydrogens (tertiary/aromatic N) is 3. The first-order chi connectivity index (χ1) is 18.1. The number of thioether (sulfide) groups is 1. The Morgan fingerprint density at radius 3 is 2.32 bits per heavy atom. The highest BCUT2D eigenvalue weighted by atomic mass is 79.9. The molecule has 38 heavy (non-hydrogen) atoms. The second kappa shape index (κ2) is 13.2. The van der Waals surface area contributed by atoms with E-state index in [0.717, 1.165) is 12.8 Å². The summed E-state index contributed by atoms with van der Waals surface area (Å²) in [5, 5.41) is 15.7. The van der Waals surface area contributed by atoms with Gasteiger partial charge in [-0.15, -0.1) is 0 Å². The van der Waals surface area contributed by atoms with Crippen LogP contribution in [-0.2, 0) is 20.8 Å². The largest absolute Gasteiger partial charge is 0.480 e. The molecule has 0 aliphatic carbocycles. The molecule has 1 aliphatic heterocycles. The molecular weight excluding hydrogens is 574 g/mol. The van der Waals surface area contributed by atoms with Crippen LogP contribution in [0.25, 0.3) is 0 Å². The number of aromatic nitrogens is 2. The van der Waals surface area contributed by atoms with E-state index in [-0.39, 0.29) is 30.9 Å². The van der Waals surface area contributed by atoms with E-state index in [0.29, 0.717) is 34.0 Å². The van der Waals surface area contributed by atoms with Crippen LogP contribution >= 0.6 is 27.7 Å². The molecule has 0 unspecified atom stereocenters. The second-order valence-electron chi connectivity index (χ2n) is 9.06. The average molecular weight is 607 g/mol. The van der Waals surface area contributed by atoms with E-state index in [1.165, 1.54) is 18.0 Å². The quantitative estimate of drug-likeness (QED) is 0.200. The monoisotopic (exact) mass is 605 g/mol. The molecule has 1 aromatic carbocycles. The third kappa shape index (κ3) is 6.71. The third-order valence-electron chi connectivity index (χ3n) is 6.82. The molecular formula is C26H32BrN5O5S. The number of aliphatic carboxylic acids is 1. The highest BCUT2D eigenvalue weighted by Crippen LogP contribution is 2.31. The molecule has 0 bridgehead atoms. The van der Waals surface area contributed by atoms with Gasteiger partial charge in [-0.2, -0.15) is 0 Å². The summed E-state index contributed by atoms with van der Waals surface area (Å²) in [6.07, 6.45) is 5.72. The fourth-order valence-electron chi connectivity index (χ4n) is 4.45. The van der Waals surface area contributed by atoms with Crippen LogP contribution in [0.2, 0.25) is 0 Å². The van der Waals surface area contributed by atoms with E-state index in [4.69, 9.17) is 0 Å². The van der Waals surface area contributed by atoms with Crippen LogP contribution in [0, 0.1) is 5.41 Å². The summed E-state index contributed by atoms with van der Waals surface area (Å²) < 4.78 is 0.461. The molecule has 3 N–H and O–H groups in total. The normalized spacial score (nSPS) is 14.2. The first kappa shape index (κ1) is 29.6. The number of benzene rings is 1. The van der Waals surface area contributed by atoms with Gasteiger partial charge in [-0.05, 0) is 65.6 Å². The first-order valence-electron chi connectivity index (χ1n) is 12.4. The molecule has 3 rings (SSSR count). The average Bonchev–Trinajstić information content (AvgIpc) is 3.45. The molecule has 1 aromatic heterocycles. The molecule has 1 saturated heterocycles. The molecule has 3 amide bonds. The molecule has 2 heterocycles. The molecule has 204 valence electrons. The summed E-state index contributed by atoms with van der Waals surface area (Å²) in [5.74, 6) is -2.41. The third-order valence-corrected chi connectivity index (χ3v) is 7.96. The number of carbonyl (C=O) groups is 4. The van der Waals surface area contributed by atoms with Gasteiger partial charge in [-0.1, -0.05) is 37.7 Å². The highest BCUT2D eigenvalue weighted by molar-refractivity contribution is 9.10. The van der Waals surface area contributed by atoms with Crippen molar-refractivity contribution in [3.8, 4) is 0 Å². The summed E-state index contributed by atoms with van der Waals surface area (Å²) in [6, 6.07) is 5.45. The zero-order valence-corrected chi connectivity index (χ0v) is 24.0. The molecule has 1 atom stereocenters. The van der Waals surface area contributed by atoms with E-state index < -0.39 is 29.2 Å². The molecule has 1 fully saturated rings. The van der Waals surface area contributed by atoms with Gasteiger partial charge < -0.3 is 20.6 Å². The van der Waals surface area contributed by atoms with Crippen LogP contribution in [0.1, 0.15) is 55.6 Å². The Balaban J connectivity index is 1.69. The van der Waals surface area contributed by atoms with Crippen LogP contribution in [0.3, 0.4) is 0 Å². The summed E-state index contributed by atoms with van der Waals surface area (Å²) in [4.78, 5) is 61.3. The number of carbonyl (C=O) groups excluding carboxylic acids is 3. The molecule has 1 aliphatic rings. The van der Waals surface area contributed by atoms with Crippen LogP contribution < -0.4 is 10.6 Å². The minimum Gasteiger partial charge on any atom is -0.480 e. The molecule has 0 spiro atoms. The lowest BCUT2D eigenvalue weighted by atomic mass is 9.79. The molecule has 2 aromatic rings. The van der Waals surface area contributed by atoms with E-state index in [2.05, 4.69) is 36.5 Å². The van der Waals surface area contributed by atoms with Crippen molar-refractivity contribution in [1.82, 2.24) is 20.2 Å². The minimum absolute atomic E-state index is 0.0191. The van der Waals surface area contributed by atoms with Crippen molar-refractivity contribution >= 4 is 57.1 Å². The number of carboxylic acids is 1. The summed E-state index contributed by atoms with van der Waals surface area (Å²) in [5.41, 5.74) is 0.0458. The number of halogens is 1. The fraction of sp³-hybridized carbons (Fsp3) is 0.462. The Kier molecular flexibility index (Phi) is 10.3. The maximum atomic E-state index is 13.3. The van der Waals surface area contributed by atoms with Gasteiger partial charge in [0.15, 0.2) is 5.16 Å². The molecule has 0 saturated carbocycles. The van der Waals surface area contributed by atoms with E-state index in [9.17, 15) is 24.3 Å². The zero-order valence-electron chi connectivity index (χ0n) is 21.6. The maximum absolute atomic E-state index is 13.3. The maximum Gasteiger partial charge on any atom is 0.326 e. The number of hydrogen-bond acceptors (Lipinski definition) is 7. The van der Waals surface area contributed by atoms with Gasteiger partial charge >= 0.3 is 5.97 Å². The van der Waals surface area contributed by atoms with Crippen LogP contribution in [0.15, 0.2) is 40.1 Å². The van der Waals surface area contributed by atoms with Gasteiger partial charge in [-0.3, -0.25) is 14.4 Å². The van der Waals surface area contributed by atoms with Crippen molar-refractivity contribution in [1.29, 1.82) is 0 Å². The summed E-state index contributed by atoms with van der Waals surface area (Å²) >= 11 is 4.61. The topological polar surface area (TPSA) is 142 Å². The van der Waals surface area contributed by atoms with Crippen LogP contribution in [-0.4, -0.2) is 69.1 Å². The zero-order chi connectivity index (χ0) is 27.9. The predicted octanol–water partition coefficient (Wildman–Crippen LogP) is 3.75. The van der Waals surface area contributed by atoms with Crippen molar-refractivity contribution in [2.24, 2.45) is 5.41 Å². The minimum atomic E-state index is -1.29. The van der Waals surface area contributed by atoms with Gasteiger partial charge in [0.25, 0.3) is 5.91 Å². The van der Waals surface area contributed by atoms with E-state index >= 15 is 0 Å². The SMILES string of the molecule is CCC(CC)(C(=O)N[C@@H](Cc1ccc(NC(=O)c2nc(SC)ncc2Br)cc1)C(=O)O)C(=O)N1CCCC1. The molecule has 0 radical (unpaired) electrons. The van der Waals surface area contributed by atoms with Crippen molar-refractivity contribution < 1.29 is 24.3 Å². The predicted molar refractivity (Wildman–Crippen MR) is 148 cm³/mol. The van der Waals surface area contributed by atoms with Gasteiger partial charge in [0.2, 0.25) is 11.8 Å². The lowest BCUT2D eigenvalue weighted by Gasteiger charge is -2.34. The fourth-order valence-corrected chi connectivity index (χ4v) is 5.16. The Morgan fingerprint density at radius 2 is 1.76 bits per heavy atom.